The maximum Gasteiger partial charge on any atom is 0.0714 e. The molecule has 0 saturated carbocycles. The lowest BCUT2D eigenvalue weighted by molar-refractivity contribution is 0.0692. The van der Waals surface area contributed by atoms with E-state index in [1.807, 2.05) is 0 Å². The van der Waals surface area contributed by atoms with Crippen molar-refractivity contribution in [2.45, 2.75) is 32.0 Å². The summed E-state index contributed by atoms with van der Waals surface area (Å²) in [4.78, 5) is 0. The monoisotopic (exact) mass is 134 g/mol. The minimum absolute atomic E-state index is 0.340. The molecule has 48 valence electrons. The molecule has 0 aromatic heterocycles. The molecule has 0 amide bonds. The molecule has 1 heterocycles. The third-order valence-corrected chi connectivity index (χ3v) is 1.84. The molecule has 8 heavy (non-hydrogen) atoms. The summed E-state index contributed by atoms with van der Waals surface area (Å²) in [6, 6.07) is 0. The van der Waals surface area contributed by atoms with E-state index in [1.54, 1.807) is 0 Å². The third kappa shape index (κ3) is 1.36. The first-order chi connectivity index (χ1) is 3.83. The molecule has 0 N–H and O–H groups in total. The summed E-state index contributed by atoms with van der Waals surface area (Å²) >= 11 is 5.55. The van der Waals surface area contributed by atoms with Gasteiger partial charge in [0.15, 0.2) is 0 Å². The van der Waals surface area contributed by atoms with E-state index < -0.39 is 0 Å². The summed E-state index contributed by atoms with van der Waals surface area (Å²) in [5.41, 5.74) is 0. The van der Waals surface area contributed by atoms with Gasteiger partial charge in [0.1, 0.15) is 0 Å². The maximum atomic E-state index is 5.55. The summed E-state index contributed by atoms with van der Waals surface area (Å²) in [5, 5.41) is 0. The fourth-order valence-electron chi connectivity index (χ4n) is 0.999. The molecule has 0 bridgehead atoms. The lowest BCUT2D eigenvalue weighted by atomic mass is 10.2. The molecule has 1 aliphatic rings. The van der Waals surface area contributed by atoms with Crippen molar-refractivity contribution < 1.29 is 4.74 Å². The van der Waals surface area contributed by atoms with Crippen molar-refractivity contribution in [3.8, 4) is 0 Å². The second-order valence-electron chi connectivity index (χ2n) is 2.30. The smallest absolute Gasteiger partial charge is 0.0714 e. The van der Waals surface area contributed by atoms with E-state index in [4.69, 9.17) is 16.3 Å². The van der Waals surface area contributed by atoms with Gasteiger partial charge in [0.25, 0.3) is 0 Å². The van der Waals surface area contributed by atoms with Crippen molar-refractivity contribution in [1.29, 1.82) is 0 Å². The lowest BCUT2D eigenvalue weighted by Gasteiger charge is -2.04. The molecule has 2 heteroatoms. The summed E-state index contributed by atoms with van der Waals surface area (Å²) in [7, 11) is 0. The molecule has 1 aliphatic heterocycles. The van der Waals surface area contributed by atoms with Crippen molar-refractivity contribution in [3.63, 3.8) is 0 Å². The first kappa shape index (κ1) is 6.37. The number of ether oxygens (including phenoxy) is 1. The van der Waals surface area contributed by atoms with Crippen LogP contribution in [0.1, 0.15) is 19.8 Å². The number of alkyl halides is 1. The van der Waals surface area contributed by atoms with Gasteiger partial charge in [-0.3, -0.25) is 0 Å². The maximum absolute atomic E-state index is 5.55. The number of halogens is 1. The van der Waals surface area contributed by atoms with Crippen LogP contribution < -0.4 is 0 Å². The van der Waals surface area contributed by atoms with Crippen LogP contribution in [0.4, 0.5) is 0 Å². The topological polar surface area (TPSA) is 9.23 Å². The van der Waals surface area contributed by atoms with Gasteiger partial charge in [-0.1, -0.05) is 0 Å². The minimum Gasteiger partial charge on any atom is -0.374 e. The van der Waals surface area contributed by atoms with Gasteiger partial charge in [0.05, 0.1) is 12.2 Å². The zero-order valence-corrected chi connectivity index (χ0v) is 5.82. The lowest BCUT2D eigenvalue weighted by Crippen LogP contribution is -2.08. The predicted molar refractivity (Wildman–Crippen MR) is 34.3 cm³/mol. The fourth-order valence-corrected chi connectivity index (χ4v) is 1.23. The summed E-state index contributed by atoms with van der Waals surface area (Å²) in [5.74, 6) is 0.657. The van der Waals surface area contributed by atoms with Crippen LogP contribution in [-0.4, -0.2) is 18.1 Å². The second kappa shape index (κ2) is 2.70. The predicted octanol–water partition coefficient (Wildman–Crippen LogP) is 1.79. The average Bonchev–Trinajstić information content (AvgIpc) is 2.14. The first-order valence-electron chi connectivity index (χ1n) is 3.04. The third-order valence-electron chi connectivity index (χ3n) is 1.49. The van der Waals surface area contributed by atoms with E-state index >= 15 is 0 Å². The highest BCUT2D eigenvalue weighted by Crippen LogP contribution is 2.19. The van der Waals surface area contributed by atoms with Crippen LogP contribution in [-0.2, 0) is 4.74 Å². The van der Waals surface area contributed by atoms with Gasteiger partial charge >= 0.3 is 0 Å². The molecule has 0 unspecified atom stereocenters. The molecule has 1 fully saturated rings. The fraction of sp³-hybridized carbons (Fsp3) is 1.00. The molecule has 1 nitrogen and oxygen atoms in total. The number of hydrogen-bond acceptors (Lipinski definition) is 1. The largest absolute Gasteiger partial charge is 0.374 e. The quantitative estimate of drug-likeness (QED) is 0.497. The van der Waals surface area contributed by atoms with Gasteiger partial charge in [-0.15, -0.1) is 11.6 Å². The van der Waals surface area contributed by atoms with Gasteiger partial charge in [-0.05, 0) is 19.8 Å². The molecule has 0 aromatic carbocycles. The Morgan fingerprint density at radius 3 is 2.62 bits per heavy atom. The van der Waals surface area contributed by atoms with Crippen molar-refractivity contribution in [3.05, 3.63) is 0 Å². The van der Waals surface area contributed by atoms with Crippen molar-refractivity contribution >= 4 is 11.6 Å². The zero-order chi connectivity index (χ0) is 5.98. The van der Waals surface area contributed by atoms with Crippen LogP contribution in [0.25, 0.3) is 0 Å². The highest BCUT2D eigenvalue weighted by molar-refractivity contribution is 6.18. The summed E-state index contributed by atoms with van der Waals surface area (Å²) in [6.45, 7) is 2.09. The van der Waals surface area contributed by atoms with Crippen molar-refractivity contribution in [1.82, 2.24) is 0 Å². The number of rotatable bonds is 1. The van der Waals surface area contributed by atoms with Gasteiger partial charge < -0.3 is 4.74 Å². The standard InChI is InChI=1S/C6H11ClO/c1-5-2-3-6(4-7)8-5/h5-6H,2-4H2,1H3/t5-,6-/m0/s1. The SMILES string of the molecule is C[C@H]1CC[C@@H](CCl)O1. The Labute approximate surface area is 55.0 Å². The molecule has 2 atom stereocenters. The van der Waals surface area contributed by atoms with Crippen LogP contribution in [0.15, 0.2) is 0 Å². The zero-order valence-electron chi connectivity index (χ0n) is 5.06. The molecule has 0 spiro atoms. The molecule has 0 aromatic rings. The normalized spacial score (nSPS) is 38.2. The Balaban J connectivity index is 2.22. The van der Waals surface area contributed by atoms with Crippen molar-refractivity contribution in [2.75, 3.05) is 5.88 Å². The molecule has 0 aliphatic carbocycles. The molecule has 1 rings (SSSR count). The van der Waals surface area contributed by atoms with Crippen LogP contribution in [0.5, 0.6) is 0 Å². The molecular weight excluding hydrogens is 124 g/mol. The second-order valence-corrected chi connectivity index (χ2v) is 2.61. The van der Waals surface area contributed by atoms with Gasteiger partial charge in [0, 0.05) is 5.88 Å². The number of hydrogen-bond donors (Lipinski definition) is 0. The van der Waals surface area contributed by atoms with Crippen LogP contribution >= 0.6 is 11.6 Å². The van der Waals surface area contributed by atoms with Gasteiger partial charge in [-0.25, -0.2) is 0 Å². The van der Waals surface area contributed by atoms with Crippen LogP contribution in [0.3, 0.4) is 0 Å². The molecule has 1 saturated heterocycles. The molecule has 0 radical (unpaired) electrons. The highest BCUT2D eigenvalue weighted by Gasteiger charge is 2.19. The first-order valence-corrected chi connectivity index (χ1v) is 3.58. The summed E-state index contributed by atoms with van der Waals surface area (Å²) in [6.07, 6.45) is 3.10. The van der Waals surface area contributed by atoms with E-state index in [2.05, 4.69) is 6.92 Å². The van der Waals surface area contributed by atoms with E-state index in [0.29, 0.717) is 18.1 Å². The highest BCUT2D eigenvalue weighted by atomic mass is 35.5. The van der Waals surface area contributed by atoms with E-state index in [1.165, 1.54) is 6.42 Å². The van der Waals surface area contributed by atoms with Gasteiger partial charge in [0.2, 0.25) is 0 Å². The van der Waals surface area contributed by atoms with E-state index in [9.17, 15) is 0 Å². The Kier molecular flexibility index (Phi) is 2.15. The Morgan fingerprint density at radius 2 is 2.38 bits per heavy atom. The van der Waals surface area contributed by atoms with Crippen LogP contribution in [0.2, 0.25) is 0 Å². The Bertz CT molecular complexity index is 74.9. The Morgan fingerprint density at radius 1 is 1.62 bits per heavy atom. The minimum atomic E-state index is 0.340. The average molecular weight is 135 g/mol. The van der Waals surface area contributed by atoms with Gasteiger partial charge in [-0.2, -0.15) is 0 Å². The van der Waals surface area contributed by atoms with Crippen LogP contribution in [0, 0.1) is 0 Å². The van der Waals surface area contributed by atoms with Crippen molar-refractivity contribution in [2.24, 2.45) is 0 Å². The van der Waals surface area contributed by atoms with E-state index in [-0.39, 0.29) is 0 Å². The summed E-state index contributed by atoms with van der Waals surface area (Å²) < 4.78 is 5.38. The molecular formula is C6H11ClO. The van der Waals surface area contributed by atoms with E-state index in [0.717, 1.165) is 6.42 Å². The Hall–Kier alpha value is 0.250.